The molecule has 3 nitrogen and oxygen atoms in total. The first-order valence-corrected chi connectivity index (χ1v) is 6.57. The minimum Gasteiger partial charge on any atom is -0.488 e. The molecule has 1 atom stereocenters. The number of benzene rings is 1. The Balaban J connectivity index is 1.61. The zero-order valence-corrected chi connectivity index (χ0v) is 10.5. The first kappa shape index (κ1) is 11.3. The smallest absolute Gasteiger partial charge is 0.123 e. The molecular formula is C13H17ClN2O. The summed E-state index contributed by atoms with van der Waals surface area (Å²) in [6.45, 7) is 5.44. The highest BCUT2D eigenvalue weighted by atomic mass is 35.5. The molecule has 4 heteroatoms. The second-order valence-corrected chi connectivity index (χ2v) is 5.18. The topological polar surface area (TPSA) is 24.5 Å². The lowest BCUT2D eigenvalue weighted by Crippen LogP contribution is -2.47. The monoisotopic (exact) mass is 252 g/mol. The lowest BCUT2D eigenvalue weighted by molar-refractivity contribution is 0.139. The van der Waals surface area contributed by atoms with E-state index in [-0.39, 0.29) is 0 Å². The Labute approximate surface area is 107 Å². The van der Waals surface area contributed by atoms with Crippen molar-refractivity contribution in [1.82, 2.24) is 10.2 Å². The summed E-state index contributed by atoms with van der Waals surface area (Å²) in [5.74, 6) is 1.01. The van der Waals surface area contributed by atoms with E-state index in [0.29, 0.717) is 6.10 Å². The molecular weight excluding hydrogens is 236 g/mol. The van der Waals surface area contributed by atoms with Crippen molar-refractivity contribution in [2.24, 2.45) is 0 Å². The Bertz CT molecular complexity index is 404. The maximum Gasteiger partial charge on any atom is 0.123 e. The van der Waals surface area contributed by atoms with Crippen LogP contribution in [-0.2, 0) is 6.42 Å². The van der Waals surface area contributed by atoms with Gasteiger partial charge in [-0.05, 0) is 23.8 Å². The minimum absolute atomic E-state index is 0.293. The van der Waals surface area contributed by atoms with Gasteiger partial charge in [0.2, 0.25) is 0 Å². The lowest BCUT2D eigenvalue weighted by atomic mass is 10.1. The van der Waals surface area contributed by atoms with Gasteiger partial charge in [0.15, 0.2) is 0 Å². The molecule has 92 valence electrons. The predicted octanol–water partition coefficient (Wildman–Crippen LogP) is 1.55. The number of rotatable bonds is 2. The highest BCUT2D eigenvalue weighted by Gasteiger charge is 2.25. The van der Waals surface area contributed by atoms with Gasteiger partial charge in [0.25, 0.3) is 0 Å². The number of hydrogen-bond donors (Lipinski definition) is 1. The van der Waals surface area contributed by atoms with Gasteiger partial charge in [-0.2, -0.15) is 0 Å². The summed E-state index contributed by atoms with van der Waals surface area (Å²) in [6, 6.07) is 5.90. The molecule has 0 saturated carbocycles. The normalized spacial score (nSPS) is 24.4. The Morgan fingerprint density at radius 3 is 3.00 bits per heavy atom. The van der Waals surface area contributed by atoms with Gasteiger partial charge < -0.3 is 10.1 Å². The summed E-state index contributed by atoms with van der Waals surface area (Å²) in [5, 5.41) is 4.17. The number of halogens is 1. The van der Waals surface area contributed by atoms with Gasteiger partial charge in [-0.1, -0.05) is 11.6 Å². The van der Waals surface area contributed by atoms with Gasteiger partial charge in [0.05, 0.1) is 0 Å². The molecule has 0 spiro atoms. The molecule has 0 radical (unpaired) electrons. The van der Waals surface area contributed by atoms with Gasteiger partial charge in [-0.3, -0.25) is 4.90 Å². The Morgan fingerprint density at radius 2 is 2.18 bits per heavy atom. The van der Waals surface area contributed by atoms with Crippen LogP contribution in [0, 0.1) is 0 Å². The van der Waals surface area contributed by atoms with Crippen LogP contribution >= 0.6 is 11.6 Å². The molecule has 0 amide bonds. The number of fused-ring (bicyclic) bond motifs is 1. The fourth-order valence-electron chi connectivity index (χ4n) is 2.57. The van der Waals surface area contributed by atoms with Crippen LogP contribution in [0.15, 0.2) is 18.2 Å². The van der Waals surface area contributed by atoms with Crippen LogP contribution in [0.1, 0.15) is 5.56 Å². The van der Waals surface area contributed by atoms with Crippen molar-refractivity contribution in [3.05, 3.63) is 28.8 Å². The third-order valence-electron chi connectivity index (χ3n) is 3.44. The van der Waals surface area contributed by atoms with E-state index in [1.807, 2.05) is 18.2 Å². The lowest BCUT2D eigenvalue weighted by Gasteiger charge is -2.29. The molecule has 1 aromatic rings. The Hall–Kier alpha value is -0.770. The Morgan fingerprint density at radius 1 is 1.35 bits per heavy atom. The molecule has 1 fully saturated rings. The van der Waals surface area contributed by atoms with Crippen LogP contribution in [0.25, 0.3) is 0 Å². The van der Waals surface area contributed by atoms with Crippen LogP contribution < -0.4 is 10.1 Å². The molecule has 0 aromatic heterocycles. The van der Waals surface area contributed by atoms with Crippen molar-refractivity contribution in [3.8, 4) is 5.75 Å². The molecule has 1 N–H and O–H groups in total. The SMILES string of the molecule is Clc1ccc2c(c1)CC(CN1CCNCC1)O2. The maximum atomic E-state index is 5.99. The first-order chi connectivity index (χ1) is 8.31. The third-order valence-corrected chi connectivity index (χ3v) is 3.67. The van der Waals surface area contributed by atoms with Crippen molar-refractivity contribution in [2.45, 2.75) is 12.5 Å². The van der Waals surface area contributed by atoms with E-state index in [2.05, 4.69) is 10.2 Å². The molecule has 2 heterocycles. The number of piperazine rings is 1. The van der Waals surface area contributed by atoms with Crippen molar-refractivity contribution < 1.29 is 4.74 Å². The number of hydrogen-bond acceptors (Lipinski definition) is 3. The first-order valence-electron chi connectivity index (χ1n) is 6.19. The van der Waals surface area contributed by atoms with Crippen LogP contribution in [0.4, 0.5) is 0 Å². The highest BCUT2D eigenvalue weighted by Crippen LogP contribution is 2.31. The van der Waals surface area contributed by atoms with Crippen molar-refractivity contribution in [2.75, 3.05) is 32.7 Å². The standard InChI is InChI=1S/C13H17ClN2O/c14-11-1-2-13-10(7-11)8-12(17-13)9-16-5-3-15-4-6-16/h1-2,7,12,15H,3-6,8-9H2. The maximum absolute atomic E-state index is 5.99. The largest absolute Gasteiger partial charge is 0.488 e. The van der Waals surface area contributed by atoms with E-state index in [1.54, 1.807) is 0 Å². The predicted molar refractivity (Wildman–Crippen MR) is 68.9 cm³/mol. The average Bonchev–Trinajstić information content (AvgIpc) is 2.71. The second-order valence-electron chi connectivity index (χ2n) is 4.75. The van der Waals surface area contributed by atoms with E-state index in [0.717, 1.165) is 49.9 Å². The van der Waals surface area contributed by atoms with E-state index < -0.39 is 0 Å². The van der Waals surface area contributed by atoms with Crippen LogP contribution in [0.3, 0.4) is 0 Å². The van der Waals surface area contributed by atoms with E-state index >= 15 is 0 Å². The average molecular weight is 253 g/mol. The van der Waals surface area contributed by atoms with Crippen molar-refractivity contribution in [3.63, 3.8) is 0 Å². The number of nitrogens with zero attached hydrogens (tertiary/aromatic N) is 1. The molecule has 1 saturated heterocycles. The zero-order valence-electron chi connectivity index (χ0n) is 9.79. The van der Waals surface area contributed by atoms with Crippen LogP contribution in [0.2, 0.25) is 5.02 Å². The zero-order chi connectivity index (χ0) is 11.7. The molecule has 2 aliphatic rings. The highest BCUT2D eigenvalue weighted by molar-refractivity contribution is 6.30. The van der Waals surface area contributed by atoms with Gasteiger partial charge in [-0.25, -0.2) is 0 Å². The molecule has 0 aliphatic carbocycles. The van der Waals surface area contributed by atoms with Gasteiger partial charge in [-0.15, -0.1) is 0 Å². The van der Waals surface area contributed by atoms with Gasteiger partial charge in [0.1, 0.15) is 11.9 Å². The summed E-state index contributed by atoms with van der Waals surface area (Å²) in [6.07, 6.45) is 1.28. The molecule has 0 bridgehead atoms. The molecule has 2 aliphatic heterocycles. The summed E-state index contributed by atoms with van der Waals surface area (Å²) in [4.78, 5) is 2.47. The summed E-state index contributed by atoms with van der Waals surface area (Å²) in [7, 11) is 0. The number of nitrogens with one attached hydrogen (secondary N) is 1. The van der Waals surface area contributed by atoms with E-state index in [1.165, 1.54) is 5.56 Å². The summed E-state index contributed by atoms with van der Waals surface area (Å²) < 4.78 is 5.94. The minimum atomic E-state index is 0.293. The second kappa shape index (κ2) is 4.84. The quantitative estimate of drug-likeness (QED) is 0.865. The number of ether oxygens (including phenoxy) is 1. The van der Waals surface area contributed by atoms with Crippen molar-refractivity contribution >= 4 is 11.6 Å². The summed E-state index contributed by atoms with van der Waals surface area (Å²) in [5.41, 5.74) is 1.25. The van der Waals surface area contributed by atoms with Gasteiger partial charge >= 0.3 is 0 Å². The van der Waals surface area contributed by atoms with Crippen LogP contribution in [0.5, 0.6) is 5.75 Å². The molecule has 3 rings (SSSR count). The van der Waals surface area contributed by atoms with Crippen LogP contribution in [-0.4, -0.2) is 43.7 Å². The molecule has 1 unspecified atom stereocenters. The fourth-order valence-corrected chi connectivity index (χ4v) is 2.77. The summed E-state index contributed by atoms with van der Waals surface area (Å²) >= 11 is 5.99. The van der Waals surface area contributed by atoms with Crippen molar-refractivity contribution in [1.29, 1.82) is 0 Å². The molecule has 1 aromatic carbocycles. The fraction of sp³-hybridized carbons (Fsp3) is 0.538. The van der Waals surface area contributed by atoms with E-state index in [4.69, 9.17) is 16.3 Å². The third kappa shape index (κ3) is 2.57. The molecule has 17 heavy (non-hydrogen) atoms. The van der Waals surface area contributed by atoms with E-state index in [9.17, 15) is 0 Å². The van der Waals surface area contributed by atoms with Gasteiger partial charge in [0, 0.05) is 44.2 Å². The Kier molecular flexibility index (Phi) is 3.23.